The Kier molecular flexibility index (Phi) is 15.1. The van der Waals surface area contributed by atoms with Crippen molar-refractivity contribution in [1.82, 2.24) is 16.0 Å². The van der Waals surface area contributed by atoms with E-state index < -0.39 is 29.4 Å². The van der Waals surface area contributed by atoms with Crippen LogP contribution >= 0.6 is 0 Å². The molecule has 0 saturated heterocycles. The van der Waals surface area contributed by atoms with Crippen molar-refractivity contribution in [2.45, 2.75) is 79.4 Å². The average molecular weight is 546 g/mol. The number of amides is 2. The topological polar surface area (TPSA) is 134 Å². The Morgan fingerprint density at radius 3 is 2.23 bits per heavy atom. The van der Waals surface area contributed by atoms with Gasteiger partial charge in [-0.05, 0) is 82.0 Å². The molecule has 0 spiro atoms. The third-order valence-corrected chi connectivity index (χ3v) is 6.34. The van der Waals surface area contributed by atoms with Gasteiger partial charge in [-0.25, -0.2) is 4.79 Å². The molecule has 0 aromatic heterocycles. The molecule has 0 radical (unpaired) electrons. The zero-order valence-corrected chi connectivity index (χ0v) is 24.3. The maximum absolute atomic E-state index is 12.5. The Hall–Kier alpha value is -3.20. The first-order valence-corrected chi connectivity index (χ1v) is 13.7. The largest absolute Gasteiger partial charge is 0.479 e. The second kappa shape index (κ2) is 17.4. The predicted octanol–water partition coefficient (Wildman–Crippen LogP) is 3.61. The van der Waals surface area contributed by atoms with E-state index in [9.17, 15) is 24.3 Å². The minimum atomic E-state index is -1.23. The van der Waals surface area contributed by atoms with Gasteiger partial charge in [0.25, 0.3) is 0 Å². The summed E-state index contributed by atoms with van der Waals surface area (Å²) in [6.07, 6.45) is 6.04. The molecule has 39 heavy (non-hydrogen) atoms. The van der Waals surface area contributed by atoms with Gasteiger partial charge in [-0.2, -0.15) is 0 Å². The molecule has 9 heteroatoms. The van der Waals surface area contributed by atoms with Crippen LogP contribution in [0.2, 0.25) is 0 Å². The van der Waals surface area contributed by atoms with Crippen LogP contribution in [-0.2, 0) is 36.9 Å². The van der Waals surface area contributed by atoms with E-state index in [0.29, 0.717) is 5.92 Å². The molecule has 4 N–H and O–H groups in total. The number of hydrogen-bond acceptors (Lipinski definition) is 6. The van der Waals surface area contributed by atoms with Crippen molar-refractivity contribution in [3.8, 4) is 0 Å². The number of carbonyl (C=O) groups is 4. The first-order valence-electron chi connectivity index (χ1n) is 13.7. The molecule has 2 amide bonds. The Balaban J connectivity index is 2.30. The lowest BCUT2D eigenvalue weighted by Gasteiger charge is -2.25. The van der Waals surface area contributed by atoms with Crippen LogP contribution in [0, 0.1) is 17.3 Å². The Labute approximate surface area is 233 Å². The minimum absolute atomic E-state index is 0.0414. The fourth-order valence-corrected chi connectivity index (χ4v) is 3.75. The number of esters is 1. The van der Waals surface area contributed by atoms with Crippen LogP contribution in [0.3, 0.4) is 0 Å². The van der Waals surface area contributed by atoms with Gasteiger partial charge in [0.1, 0.15) is 0 Å². The molecular weight excluding hydrogens is 498 g/mol. The van der Waals surface area contributed by atoms with Crippen LogP contribution in [0.1, 0.15) is 71.4 Å². The standard InChI is InChI=1S/C30H47N3O6/c1-21(2)17-25(28(36)37)39-29(38)30(4,5)20-33-27(35)19-32-26(34)10-8-7-9-22(3)11-12-23-13-15-24(16-14-23)18-31-6/h8,10,13-16,21-22,25,31H,7,9,11-12,17-20H2,1-6H3,(H,32,34)(H,33,35)(H,36,37)/b10-8+. The average Bonchev–Trinajstić information content (AvgIpc) is 2.87. The summed E-state index contributed by atoms with van der Waals surface area (Å²) in [5.41, 5.74) is 1.47. The summed E-state index contributed by atoms with van der Waals surface area (Å²) in [4.78, 5) is 48.0. The lowest BCUT2D eigenvalue weighted by atomic mass is 9.93. The number of aryl methyl sites for hydroxylation is 1. The van der Waals surface area contributed by atoms with Crippen molar-refractivity contribution in [2.75, 3.05) is 20.1 Å². The van der Waals surface area contributed by atoms with Gasteiger partial charge >= 0.3 is 11.9 Å². The number of carbonyl (C=O) groups excluding carboxylic acids is 3. The summed E-state index contributed by atoms with van der Waals surface area (Å²) >= 11 is 0. The number of allylic oxidation sites excluding steroid dienone is 1. The molecule has 0 heterocycles. The molecule has 1 rings (SSSR count). The Morgan fingerprint density at radius 1 is 1.00 bits per heavy atom. The number of nitrogens with one attached hydrogen (secondary N) is 3. The molecular formula is C30H47N3O6. The van der Waals surface area contributed by atoms with Crippen LogP contribution < -0.4 is 16.0 Å². The summed E-state index contributed by atoms with van der Waals surface area (Å²) in [7, 11) is 1.94. The molecule has 0 bridgehead atoms. The van der Waals surface area contributed by atoms with Crippen LogP contribution in [-0.4, -0.2) is 55.1 Å². The fraction of sp³-hybridized carbons (Fsp3) is 0.600. The summed E-state index contributed by atoms with van der Waals surface area (Å²) in [6, 6.07) is 8.65. The SMILES string of the molecule is CNCc1ccc(CCC(C)CC/C=C/C(=O)NCC(=O)NCC(C)(C)C(=O)OC(CC(C)C)C(=O)O)cc1. The third kappa shape index (κ3) is 14.5. The maximum atomic E-state index is 12.5. The summed E-state index contributed by atoms with van der Waals surface area (Å²) < 4.78 is 5.17. The van der Waals surface area contributed by atoms with Crippen molar-refractivity contribution in [2.24, 2.45) is 17.3 Å². The third-order valence-electron chi connectivity index (χ3n) is 6.34. The second-order valence-corrected chi connectivity index (χ2v) is 11.2. The summed E-state index contributed by atoms with van der Waals surface area (Å²) in [5.74, 6) is -2.17. The van der Waals surface area contributed by atoms with E-state index in [-0.39, 0.29) is 31.3 Å². The number of hydrogen-bond donors (Lipinski definition) is 4. The first-order chi connectivity index (χ1) is 18.3. The molecule has 2 atom stereocenters. The molecule has 0 aliphatic rings. The van der Waals surface area contributed by atoms with Gasteiger partial charge < -0.3 is 25.8 Å². The monoisotopic (exact) mass is 545 g/mol. The van der Waals surface area contributed by atoms with Gasteiger partial charge in [-0.15, -0.1) is 0 Å². The lowest BCUT2D eigenvalue weighted by Crippen LogP contribution is -2.45. The normalized spacial score (nSPS) is 13.2. The molecule has 1 aromatic rings. The van der Waals surface area contributed by atoms with Gasteiger partial charge in [-0.3, -0.25) is 14.4 Å². The summed E-state index contributed by atoms with van der Waals surface area (Å²) in [5, 5.41) is 17.5. The van der Waals surface area contributed by atoms with Crippen LogP contribution in [0.25, 0.3) is 0 Å². The molecule has 2 unspecified atom stereocenters. The molecule has 218 valence electrons. The maximum Gasteiger partial charge on any atom is 0.345 e. The van der Waals surface area contributed by atoms with E-state index in [4.69, 9.17) is 4.74 Å². The number of aliphatic carboxylic acids is 1. The zero-order valence-electron chi connectivity index (χ0n) is 24.3. The highest BCUT2D eigenvalue weighted by Gasteiger charge is 2.34. The van der Waals surface area contributed by atoms with Crippen LogP contribution in [0.4, 0.5) is 0 Å². The highest BCUT2D eigenvalue weighted by atomic mass is 16.6. The van der Waals surface area contributed by atoms with Crippen molar-refractivity contribution >= 4 is 23.8 Å². The fourth-order valence-electron chi connectivity index (χ4n) is 3.75. The van der Waals surface area contributed by atoms with Gasteiger partial charge in [0.2, 0.25) is 11.8 Å². The van der Waals surface area contributed by atoms with E-state index in [1.54, 1.807) is 13.8 Å². The summed E-state index contributed by atoms with van der Waals surface area (Å²) in [6.45, 7) is 9.59. The first kappa shape index (κ1) is 33.8. The van der Waals surface area contributed by atoms with E-state index in [1.807, 2.05) is 27.0 Å². The van der Waals surface area contributed by atoms with Crippen molar-refractivity contribution in [3.05, 3.63) is 47.5 Å². The van der Waals surface area contributed by atoms with Crippen LogP contribution in [0.5, 0.6) is 0 Å². The lowest BCUT2D eigenvalue weighted by molar-refractivity contribution is -0.171. The quantitative estimate of drug-likeness (QED) is 0.164. The zero-order chi connectivity index (χ0) is 29.4. The number of carboxylic acid groups (broad SMARTS) is 1. The van der Waals surface area contributed by atoms with E-state index in [0.717, 1.165) is 32.2 Å². The molecule has 0 aliphatic heterocycles. The van der Waals surface area contributed by atoms with E-state index >= 15 is 0 Å². The van der Waals surface area contributed by atoms with E-state index in [1.165, 1.54) is 17.2 Å². The number of carboxylic acids is 1. The van der Waals surface area contributed by atoms with Crippen molar-refractivity contribution in [3.63, 3.8) is 0 Å². The molecule has 1 aromatic carbocycles. The highest BCUT2D eigenvalue weighted by Crippen LogP contribution is 2.20. The molecule has 9 nitrogen and oxygen atoms in total. The molecule has 0 aliphatic carbocycles. The van der Waals surface area contributed by atoms with Crippen LogP contribution in [0.15, 0.2) is 36.4 Å². The Morgan fingerprint density at radius 2 is 1.64 bits per heavy atom. The second-order valence-electron chi connectivity index (χ2n) is 11.2. The predicted molar refractivity (Wildman–Crippen MR) is 152 cm³/mol. The molecule has 0 fully saturated rings. The number of rotatable bonds is 18. The van der Waals surface area contributed by atoms with Crippen molar-refractivity contribution in [1.29, 1.82) is 0 Å². The van der Waals surface area contributed by atoms with Gasteiger partial charge in [-0.1, -0.05) is 51.1 Å². The van der Waals surface area contributed by atoms with Gasteiger partial charge in [0.05, 0.1) is 12.0 Å². The minimum Gasteiger partial charge on any atom is -0.479 e. The van der Waals surface area contributed by atoms with Gasteiger partial charge in [0, 0.05) is 13.1 Å². The van der Waals surface area contributed by atoms with Gasteiger partial charge in [0.15, 0.2) is 6.10 Å². The number of ether oxygens (including phenoxy) is 1. The highest BCUT2D eigenvalue weighted by molar-refractivity contribution is 5.91. The Bertz CT molecular complexity index is 956. The van der Waals surface area contributed by atoms with Crippen molar-refractivity contribution < 1.29 is 29.0 Å². The molecule has 0 saturated carbocycles. The smallest absolute Gasteiger partial charge is 0.345 e. The number of benzene rings is 1. The van der Waals surface area contributed by atoms with E-state index in [2.05, 4.69) is 47.1 Å².